The fraction of sp³-hybridized carbons (Fsp3) is 0.750. The minimum Gasteiger partial charge on any atom is -0.396 e. The average molecular weight is 258 g/mol. The number of nitrogens with two attached hydrogens (primary N) is 1. The molecule has 102 valence electrons. The number of hydrogen-bond acceptors (Lipinski definition) is 3. The zero-order valence-corrected chi connectivity index (χ0v) is 10.6. The molecule has 1 aliphatic carbocycles. The SMILES string of the molecule is CNCC1CCC(n2cc(N)c(C(F)F)n2)CC1. The molecule has 1 fully saturated rings. The van der Waals surface area contributed by atoms with Gasteiger partial charge in [-0.1, -0.05) is 0 Å². The average Bonchev–Trinajstić information content (AvgIpc) is 2.73. The predicted molar refractivity (Wildman–Crippen MR) is 66.5 cm³/mol. The number of hydrogen-bond donors (Lipinski definition) is 2. The van der Waals surface area contributed by atoms with Crippen molar-refractivity contribution in [2.75, 3.05) is 19.3 Å². The first-order valence-corrected chi connectivity index (χ1v) is 6.39. The highest BCUT2D eigenvalue weighted by molar-refractivity contribution is 5.41. The molecule has 1 aromatic heterocycles. The van der Waals surface area contributed by atoms with E-state index in [9.17, 15) is 8.78 Å². The lowest BCUT2D eigenvalue weighted by molar-refractivity contribution is 0.144. The number of halogens is 2. The Morgan fingerprint density at radius 2 is 2.11 bits per heavy atom. The standard InChI is InChI=1S/C12H20F2N4/c1-16-6-8-2-4-9(5-3-8)18-7-10(15)11(17-18)12(13)14/h7-9,12,16H,2-6,15H2,1H3. The molecule has 0 unspecified atom stereocenters. The Morgan fingerprint density at radius 1 is 1.44 bits per heavy atom. The van der Waals surface area contributed by atoms with Crippen LogP contribution in [0.3, 0.4) is 0 Å². The molecule has 0 radical (unpaired) electrons. The van der Waals surface area contributed by atoms with Crippen LogP contribution < -0.4 is 11.1 Å². The van der Waals surface area contributed by atoms with E-state index in [0.717, 1.165) is 32.2 Å². The lowest BCUT2D eigenvalue weighted by atomic mass is 9.86. The fourth-order valence-electron chi connectivity index (χ4n) is 2.68. The molecular formula is C12H20F2N4. The van der Waals surface area contributed by atoms with Gasteiger partial charge in [-0.2, -0.15) is 5.10 Å². The van der Waals surface area contributed by atoms with Crippen LogP contribution in [0.4, 0.5) is 14.5 Å². The molecule has 0 spiro atoms. The van der Waals surface area contributed by atoms with Gasteiger partial charge < -0.3 is 11.1 Å². The second kappa shape index (κ2) is 5.65. The molecule has 1 saturated carbocycles. The molecule has 4 nitrogen and oxygen atoms in total. The molecular weight excluding hydrogens is 238 g/mol. The van der Waals surface area contributed by atoms with E-state index in [2.05, 4.69) is 10.4 Å². The zero-order valence-electron chi connectivity index (χ0n) is 10.6. The molecule has 0 amide bonds. The summed E-state index contributed by atoms with van der Waals surface area (Å²) in [6.45, 7) is 1.02. The number of nitrogens with zero attached hydrogens (tertiary/aromatic N) is 2. The number of anilines is 1. The molecule has 0 saturated heterocycles. The first kappa shape index (κ1) is 13.3. The summed E-state index contributed by atoms with van der Waals surface area (Å²) >= 11 is 0. The Kier molecular flexibility index (Phi) is 4.16. The first-order valence-electron chi connectivity index (χ1n) is 6.39. The van der Waals surface area contributed by atoms with Gasteiger partial charge in [0.05, 0.1) is 11.7 Å². The predicted octanol–water partition coefficient (Wildman–Crippen LogP) is 2.35. The van der Waals surface area contributed by atoms with Crippen LogP contribution in [-0.4, -0.2) is 23.4 Å². The van der Waals surface area contributed by atoms with E-state index in [-0.39, 0.29) is 17.4 Å². The van der Waals surface area contributed by atoms with Crippen LogP contribution in [0.15, 0.2) is 6.20 Å². The van der Waals surface area contributed by atoms with Crippen molar-refractivity contribution in [2.45, 2.75) is 38.2 Å². The molecule has 18 heavy (non-hydrogen) atoms. The minimum atomic E-state index is -2.59. The summed E-state index contributed by atoms with van der Waals surface area (Å²) in [4.78, 5) is 0. The molecule has 1 aromatic rings. The van der Waals surface area contributed by atoms with Gasteiger partial charge >= 0.3 is 0 Å². The summed E-state index contributed by atoms with van der Waals surface area (Å²) in [6.07, 6.45) is 3.13. The Morgan fingerprint density at radius 3 is 2.61 bits per heavy atom. The van der Waals surface area contributed by atoms with E-state index in [1.165, 1.54) is 0 Å². The minimum absolute atomic E-state index is 0.0994. The van der Waals surface area contributed by atoms with Gasteiger partial charge in [0, 0.05) is 6.20 Å². The normalized spacial score (nSPS) is 24.7. The van der Waals surface area contributed by atoms with Crippen LogP contribution in [0, 0.1) is 5.92 Å². The number of aromatic nitrogens is 2. The lowest BCUT2D eigenvalue weighted by Gasteiger charge is -2.28. The van der Waals surface area contributed by atoms with Gasteiger partial charge in [0.15, 0.2) is 5.69 Å². The van der Waals surface area contributed by atoms with Crippen molar-refractivity contribution < 1.29 is 8.78 Å². The van der Waals surface area contributed by atoms with E-state index in [1.807, 2.05) is 7.05 Å². The number of rotatable bonds is 4. The van der Waals surface area contributed by atoms with E-state index in [4.69, 9.17) is 5.73 Å². The summed E-state index contributed by atoms with van der Waals surface area (Å²) in [7, 11) is 1.95. The molecule has 0 bridgehead atoms. The van der Waals surface area contributed by atoms with Crippen molar-refractivity contribution in [1.82, 2.24) is 15.1 Å². The van der Waals surface area contributed by atoms with Crippen LogP contribution in [-0.2, 0) is 0 Å². The van der Waals surface area contributed by atoms with E-state index >= 15 is 0 Å². The van der Waals surface area contributed by atoms with Gasteiger partial charge in [-0.15, -0.1) is 0 Å². The summed E-state index contributed by atoms with van der Waals surface area (Å²) in [6, 6.07) is 0.216. The van der Waals surface area contributed by atoms with Crippen molar-refractivity contribution in [1.29, 1.82) is 0 Å². The smallest absolute Gasteiger partial charge is 0.284 e. The van der Waals surface area contributed by atoms with Crippen molar-refractivity contribution >= 4 is 5.69 Å². The monoisotopic (exact) mass is 258 g/mol. The van der Waals surface area contributed by atoms with Crippen LogP contribution in [0.2, 0.25) is 0 Å². The topological polar surface area (TPSA) is 55.9 Å². The highest BCUT2D eigenvalue weighted by Crippen LogP contribution is 2.33. The van der Waals surface area contributed by atoms with Gasteiger partial charge in [-0.25, -0.2) is 8.78 Å². The first-order chi connectivity index (χ1) is 8.61. The summed E-state index contributed by atoms with van der Waals surface area (Å²) in [5.41, 5.74) is 5.37. The fourth-order valence-corrected chi connectivity index (χ4v) is 2.68. The summed E-state index contributed by atoms with van der Waals surface area (Å²) in [5, 5.41) is 7.11. The number of nitrogens with one attached hydrogen (secondary N) is 1. The van der Waals surface area contributed by atoms with Gasteiger partial charge in [-0.3, -0.25) is 4.68 Å². The van der Waals surface area contributed by atoms with Crippen LogP contribution >= 0.6 is 0 Å². The lowest BCUT2D eigenvalue weighted by Crippen LogP contribution is -2.25. The molecule has 0 aromatic carbocycles. The Bertz CT molecular complexity index is 383. The molecule has 1 aliphatic rings. The van der Waals surface area contributed by atoms with Crippen molar-refractivity contribution in [3.8, 4) is 0 Å². The maximum absolute atomic E-state index is 12.6. The third-order valence-corrected chi connectivity index (χ3v) is 3.68. The van der Waals surface area contributed by atoms with E-state index < -0.39 is 6.43 Å². The van der Waals surface area contributed by atoms with Crippen molar-refractivity contribution in [3.63, 3.8) is 0 Å². The second-order valence-corrected chi connectivity index (χ2v) is 4.98. The maximum Gasteiger partial charge on any atom is 0.284 e. The quantitative estimate of drug-likeness (QED) is 0.871. The number of nitrogen functional groups attached to an aromatic ring is 1. The third kappa shape index (κ3) is 2.80. The Hall–Kier alpha value is -1.17. The largest absolute Gasteiger partial charge is 0.396 e. The zero-order chi connectivity index (χ0) is 13.1. The molecule has 6 heteroatoms. The van der Waals surface area contributed by atoms with Crippen LogP contribution in [0.5, 0.6) is 0 Å². The molecule has 0 atom stereocenters. The van der Waals surface area contributed by atoms with E-state index in [0.29, 0.717) is 5.92 Å². The Balaban J connectivity index is 1.99. The molecule has 3 N–H and O–H groups in total. The molecule has 0 aliphatic heterocycles. The van der Waals surface area contributed by atoms with Crippen molar-refractivity contribution in [3.05, 3.63) is 11.9 Å². The highest BCUT2D eigenvalue weighted by atomic mass is 19.3. The van der Waals surface area contributed by atoms with E-state index in [1.54, 1.807) is 10.9 Å². The van der Waals surface area contributed by atoms with Crippen LogP contribution in [0.25, 0.3) is 0 Å². The summed E-state index contributed by atoms with van der Waals surface area (Å²) < 4.78 is 26.8. The molecule has 1 heterocycles. The third-order valence-electron chi connectivity index (χ3n) is 3.68. The second-order valence-electron chi connectivity index (χ2n) is 4.98. The Labute approximate surface area is 106 Å². The molecule has 2 rings (SSSR count). The van der Waals surface area contributed by atoms with Crippen LogP contribution in [0.1, 0.15) is 43.8 Å². The van der Waals surface area contributed by atoms with Gasteiger partial charge in [0.25, 0.3) is 6.43 Å². The van der Waals surface area contributed by atoms with Gasteiger partial charge in [0.2, 0.25) is 0 Å². The number of alkyl halides is 2. The van der Waals surface area contributed by atoms with Gasteiger partial charge in [-0.05, 0) is 45.2 Å². The van der Waals surface area contributed by atoms with Crippen molar-refractivity contribution in [2.24, 2.45) is 5.92 Å². The maximum atomic E-state index is 12.6. The van der Waals surface area contributed by atoms with Gasteiger partial charge in [0.1, 0.15) is 0 Å². The summed E-state index contributed by atoms with van der Waals surface area (Å²) in [5.74, 6) is 0.689. The highest BCUT2D eigenvalue weighted by Gasteiger charge is 2.24.